The fourth-order valence-corrected chi connectivity index (χ4v) is 2.42. The van der Waals surface area contributed by atoms with E-state index in [1.165, 1.54) is 6.07 Å². The first-order chi connectivity index (χ1) is 11.3. The molecule has 0 amide bonds. The SMILES string of the molecule is CCC(Cl)(Cl)c1ccn(CCCNc2ccc([N+](=O)[O-])c(N)n2)c1. The third-order valence-corrected chi connectivity index (χ3v) is 4.59. The van der Waals surface area contributed by atoms with Crippen LogP contribution in [0.15, 0.2) is 30.6 Å². The molecule has 0 fully saturated rings. The first kappa shape index (κ1) is 18.4. The number of nitrogens with one attached hydrogen (secondary N) is 1. The van der Waals surface area contributed by atoms with Crippen molar-refractivity contribution in [3.63, 3.8) is 0 Å². The van der Waals surface area contributed by atoms with Crippen LogP contribution in [0.25, 0.3) is 0 Å². The second-order valence-corrected chi connectivity index (χ2v) is 6.82. The third kappa shape index (κ3) is 4.52. The molecule has 0 aromatic carbocycles. The molecule has 9 heteroatoms. The van der Waals surface area contributed by atoms with E-state index in [9.17, 15) is 10.1 Å². The van der Waals surface area contributed by atoms with Gasteiger partial charge in [0.1, 0.15) is 10.2 Å². The number of halogens is 2. The van der Waals surface area contributed by atoms with Crippen LogP contribution >= 0.6 is 23.2 Å². The van der Waals surface area contributed by atoms with Crippen LogP contribution < -0.4 is 11.1 Å². The normalized spacial score (nSPS) is 11.5. The van der Waals surface area contributed by atoms with Crippen LogP contribution in [-0.4, -0.2) is 21.0 Å². The summed E-state index contributed by atoms with van der Waals surface area (Å²) in [5, 5.41) is 13.8. The Morgan fingerprint density at radius 1 is 1.42 bits per heavy atom. The van der Waals surface area contributed by atoms with Crippen molar-refractivity contribution in [2.24, 2.45) is 0 Å². The van der Waals surface area contributed by atoms with Crippen molar-refractivity contribution in [1.82, 2.24) is 9.55 Å². The largest absolute Gasteiger partial charge is 0.378 e. The van der Waals surface area contributed by atoms with Gasteiger partial charge in [0.05, 0.1) is 4.92 Å². The number of pyridine rings is 1. The van der Waals surface area contributed by atoms with E-state index in [4.69, 9.17) is 28.9 Å². The van der Waals surface area contributed by atoms with E-state index < -0.39 is 9.26 Å². The Morgan fingerprint density at radius 3 is 2.79 bits per heavy atom. The van der Waals surface area contributed by atoms with Crippen molar-refractivity contribution in [2.75, 3.05) is 17.6 Å². The summed E-state index contributed by atoms with van der Waals surface area (Å²) in [5.41, 5.74) is 6.24. The van der Waals surface area contributed by atoms with Crippen LogP contribution in [0.5, 0.6) is 0 Å². The highest BCUT2D eigenvalue weighted by atomic mass is 35.5. The number of nitrogens with two attached hydrogens (primary N) is 1. The van der Waals surface area contributed by atoms with Gasteiger partial charge in [0.25, 0.3) is 0 Å². The summed E-state index contributed by atoms with van der Waals surface area (Å²) in [6, 6.07) is 4.79. The van der Waals surface area contributed by atoms with Crippen LogP contribution in [0, 0.1) is 10.1 Å². The minimum absolute atomic E-state index is 0.0971. The maximum atomic E-state index is 10.7. The number of hydrogen-bond donors (Lipinski definition) is 2. The third-order valence-electron chi connectivity index (χ3n) is 3.62. The lowest BCUT2D eigenvalue weighted by atomic mass is 10.2. The number of rotatable bonds is 8. The van der Waals surface area contributed by atoms with Crippen molar-refractivity contribution in [1.29, 1.82) is 0 Å². The molecule has 0 radical (unpaired) electrons. The van der Waals surface area contributed by atoms with Gasteiger partial charge >= 0.3 is 5.69 Å². The Hall–Kier alpha value is -1.99. The van der Waals surface area contributed by atoms with Crippen molar-refractivity contribution < 1.29 is 4.92 Å². The van der Waals surface area contributed by atoms with Gasteiger partial charge in [0.15, 0.2) is 0 Å². The zero-order valence-corrected chi connectivity index (χ0v) is 14.7. The highest BCUT2D eigenvalue weighted by Crippen LogP contribution is 2.37. The molecule has 7 nitrogen and oxygen atoms in total. The lowest BCUT2D eigenvalue weighted by molar-refractivity contribution is -0.384. The summed E-state index contributed by atoms with van der Waals surface area (Å²) < 4.78 is 1.16. The first-order valence-electron chi connectivity index (χ1n) is 7.52. The van der Waals surface area contributed by atoms with Gasteiger partial charge in [-0.25, -0.2) is 4.98 Å². The average molecular weight is 372 g/mol. The molecule has 0 aliphatic carbocycles. The molecule has 2 aromatic rings. The van der Waals surface area contributed by atoms with E-state index in [-0.39, 0.29) is 11.5 Å². The quantitative estimate of drug-likeness (QED) is 0.317. The molecular weight excluding hydrogens is 353 g/mol. The maximum Gasteiger partial charge on any atom is 0.311 e. The van der Waals surface area contributed by atoms with E-state index in [0.717, 1.165) is 18.5 Å². The molecule has 3 N–H and O–H groups in total. The minimum Gasteiger partial charge on any atom is -0.378 e. The van der Waals surface area contributed by atoms with Gasteiger partial charge in [-0.2, -0.15) is 0 Å². The van der Waals surface area contributed by atoms with Crippen LogP contribution in [0.1, 0.15) is 25.3 Å². The molecule has 0 aliphatic heterocycles. The highest BCUT2D eigenvalue weighted by molar-refractivity contribution is 6.47. The summed E-state index contributed by atoms with van der Waals surface area (Å²) in [7, 11) is 0. The van der Waals surface area contributed by atoms with Crippen LogP contribution in [-0.2, 0) is 10.9 Å². The Labute approximate surface area is 149 Å². The second kappa shape index (κ2) is 7.72. The van der Waals surface area contributed by atoms with E-state index in [2.05, 4.69) is 10.3 Å². The Bertz CT molecular complexity index is 718. The molecule has 0 spiro atoms. The molecule has 2 rings (SSSR count). The standard InChI is InChI=1S/C15H19Cl2N5O2/c1-2-15(16,17)11-6-9-21(10-11)8-3-7-19-13-5-4-12(22(23)24)14(18)20-13/h4-6,9-10H,2-3,7-8H2,1H3,(H3,18,19,20). The van der Waals surface area contributed by atoms with Gasteiger partial charge in [0.2, 0.25) is 5.82 Å². The highest BCUT2D eigenvalue weighted by Gasteiger charge is 2.24. The molecular formula is C15H19Cl2N5O2. The fraction of sp³-hybridized carbons (Fsp3) is 0.400. The van der Waals surface area contributed by atoms with Gasteiger partial charge in [-0.3, -0.25) is 10.1 Å². The Kier molecular flexibility index (Phi) is 5.90. The molecule has 0 aliphatic rings. The van der Waals surface area contributed by atoms with Gasteiger partial charge < -0.3 is 15.6 Å². The molecule has 0 unspecified atom stereocenters. The van der Waals surface area contributed by atoms with Crippen LogP contribution in [0.4, 0.5) is 17.3 Å². The summed E-state index contributed by atoms with van der Waals surface area (Å²) in [5.74, 6) is 0.415. The summed E-state index contributed by atoms with van der Waals surface area (Å²) in [6.07, 6.45) is 5.34. The predicted octanol–water partition coefficient (Wildman–Crippen LogP) is 3.92. The average Bonchev–Trinajstić information content (AvgIpc) is 3.01. The monoisotopic (exact) mass is 371 g/mol. The van der Waals surface area contributed by atoms with Crippen molar-refractivity contribution in [2.45, 2.75) is 30.6 Å². The molecule has 0 bridgehead atoms. The van der Waals surface area contributed by atoms with Gasteiger partial charge in [0, 0.05) is 37.1 Å². The lowest BCUT2D eigenvalue weighted by Gasteiger charge is -2.15. The number of aromatic nitrogens is 2. The second-order valence-electron chi connectivity index (χ2n) is 5.33. The minimum atomic E-state index is -0.857. The van der Waals surface area contributed by atoms with Gasteiger partial charge in [-0.05, 0) is 25.0 Å². The molecule has 0 atom stereocenters. The molecule has 2 heterocycles. The number of nitrogen functional groups attached to an aromatic ring is 1. The summed E-state index contributed by atoms with van der Waals surface area (Å²) >= 11 is 12.4. The van der Waals surface area contributed by atoms with Crippen molar-refractivity contribution in [3.05, 3.63) is 46.3 Å². The number of nitrogens with zero attached hydrogens (tertiary/aromatic N) is 3. The zero-order valence-electron chi connectivity index (χ0n) is 13.2. The number of aryl methyl sites for hydroxylation is 1. The number of anilines is 2. The number of alkyl halides is 2. The van der Waals surface area contributed by atoms with E-state index in [0.29, 0.717) is 18.8 Å². The number of hydrogen-bond acceptors (Lipinski definition) is 5. The topological polar surface area (TPSA) is 99.0 Å². The van der Waals surface area contributed by atoms with E-state index in [1.807, 2.05) is 30.0 Å². The van der Waals surface area contributed by atoms with Gasteiger partial charge in [-0.15, -0.1) is 0 Å². The van der Waals surface area contributed by atoms with Crippen molar-refractivity contribution in [3.8, 4) is 0 Å². The molecule has 0 saturated heterocycles. The molecule has 24 heavy (non-hydrogen) atoms. The van der Waals surface area contributed by atoms with E-state index >= 15 is 0 Å². The molecule has 0 saturated carbocycles. The summed E-state index contributed by atoms with van der Waals surface area (Å²) in [4.78, 5) is 14.1. The molecule has 130 valence electrons. The first-order valence-corrected chi connectivity index (χ1v) is 8.28. The van der Waals surface area contributed by atoms with Crippen molar-refractivity contribution >= 4 is 40.5 Å². The molecule has 2 aromatic heterocycles. The Morgan fingerprint density at radius 2 is 2.17 bits per heavy atom. The summed E-state index contributed by atoms with van der Waals surface area (Å²) in [6.45, 7) is 3.37. The van der Waals surface area contributed by atoms with Crippen LogP contribution in [0.3, 0.4) is 0 Å². The lowest BCUT2D eigenvalue weighted by Crippen LogP contribution is -2.09. The predicted molar refractivity (Wildman–Crippen MR) is 96.5 cm³/mol. The number of nitro groups is 1. The van der Waals surface area contributed by atoms with Crippen LogP contribution in [0.2, 0.25) is 0 Å². The smallest absolute Gasteiger partial charge is 0.311 e. The fourth-order valence-electron chi connectivity index (χ4n) is 2.20. The van der Waals surface area contributed by atoms with Gasteiger partial charge in [-0.1, -0.05) is 30.1 Å². The maximum absolute atomic E-state index is 10.7. The zero-order chi connectivity index (χ0) is 17.7. The Balaban J connectivity index is 1.83. The van der Waals surface area contributed by atoms with E-state index in [1.54, 1.807) is 6.07 Å².